The topological polar surface area (TPSA) is 23.5 Å². The number of rotatable bonds is 1. The first-order valence-corrected chi connectivity index (χ1v) is 6.70. The summed E-state index contributed by atoms with van der Waals surface area (Å²) < 4.78 is 0. The van der Waals surface area contributed by atoms with Crippen LogP contribution >= 0.6 is 11.3 Å². The molecule has 0 amide bonds. The van der Waals surface area contributed by atoms with E-state index in [2.05, 4.69) is 16.3 Å². The lowest BCUT2D eigenvalue weighted by molar-refractivity contribution is 0.0630. The van der Waals surface area contributed by atoms with Gasteiger partial charge in [-0.15, -0.1) is 11.3 Å². The zero-order chi connectivity index (χ0) is 10.3. The SMILES string of the molecule is O[C@@H]1CCC[C@H]1N1CCc2sccc2C1. The highest BCUT2D eigenvalue weighted by Gasteiger charge is 2.32. The van der Waals surface area contributed by atoms with E-state index in [1.54, 1.807) is 4.88 Å². The van der Waals surface area contributed by atoms with Gasteiger partial charge in [0.15, 0.2) is 0 Å². The fourth-order valence-corrected chi connectivity index (χ4v) is 3.79. The summed E-state index contributed by atoms with van der Waals surface area (Å²) in [5.41, 5.74) is 1.49. The first-order chi connectivity index (χ1) is 7.34. The molecule has 2 atom stereocenters. The van der Waals surface area contributed by atoms with E-state index in [1.165, 1.54) is 24.8 Å². The molecule has 1 N–H and O–H groups in total. The number of hydrogen-bond acceptors (Lipinski definition) is 3. The highest BCUT2D eigenvalue weighted by molar-refractivity contribution is 7.10. The van der Waals surface area contributed by atoms with Gasteiger partial charge in [-0.3, -0.25) is 4.90 Å². The van der Waals surface area contributed by atoms with Gasteiger partial charge in [-0.1, -0.05) is 0 Å². The van der Waals surface area contributed by atoms with Gasteiger partial charge in [-0.05, 0) is 42.7 Å². The minimum absolute atomic E-state index is 0.0785. The number of aliphatic hydroxyl groups is 1. The zero-order valence-corrected chi connectivity index (χ0v) is 9.67. The van der Waals surface area contributed by atoms with Gasteiger partial charge in [0, 0.05) is 24.0 Å². The maximum absolute atomic E-state index is 9.90. The number of thiophene rings is 1. The summed E-state index contributed by atoms with van der Waals surface area (Å²) in [4.78, 5) is 4.03. The Bertz CT molecular complexity index is 349. The van der Waals surface area contributed by atoms with Crippen LogP contribution in [0.5, 0.6) is 0 Å². The third-order valence-corrected chi connectivity index (χ3v) is 4.77. The number of hydrogen-bond donors (Lipinski definition) is 1. The third-order valence-electron chi connectivity index (χ3n) is 3.75. The molecule has 0 spiro atoms. The Kier molecular flexibility index (Phi) is 2.54. The van der Waals surface area contributed by atoms with E-state index in [1.807, 2.05) is 11.3 Å². The van der Waals surface area contributed by atoms with Crippen LogP contribution in [0.4, 0.5) is 0 Å². The molecule has 0 bridgehead atoms. The highest BCUT2D eigenvalue weighted by Crippen LogP contribution is 2.30. The maximum Gasteiger partial charge on any atom is 0.0695 e. The van der Waals surface area contributed by atoms with E-state index < -0.39 is 0 Å². The predicted molar refractivity (Wildman–Crippen MR) is 62.1 cm³/mol. The number of fused-ring (bicyclic) bond motifs is 1. The van der Waals surface area contributed by atoms with Crippen molar-refractivity contribution in [3.8, 4) is 0 Å². The molecule has 3 rings (SSSR count). The highest BCUT2D eigenvalue weighted by atomic mass is 32.1. The van der Waals surface area contributed by atoms with Crippen LogP contribution in [-0.4, -0.2) is 28.7 Å². The van der Waals surface area contributed by atoms with Crippen molar-refractivity contribution in [2.45, 2.75) is 44.4 Å². The van der Waals surface area contributed by atoms with Gasteiger partial charge in [-0.25, -0.2) is 0 Å². The van der Waals surface area contributed by atoms with Crippen molar-refractivity contribution in [2.24, 2.45) is 0 Å². The van der Waals surface area contributed by atoms with Gasteiger partial charge >= 0.3 is 0 Å². The Morgan fingerprint density at radius 3 is 3.13 bits per heavy atom. The molecule has 0 unspecified atom stereocenters. The average Bonchev–Trinajstić information content (AvgIpc) is 2.84. The average molecular weight is 223 g/mol. The summed E-state index contributed by atoms with van der Waals surface area (Å²) >= 11 is 1.88. The molecule has 1 aromatic heterocycles. The summed E-state index contributed by atoms with van der Waals surface area (Å²) in [7, 11) is 0. The van der Waals surface area contributed by atoms with Crippen LogP contribution in [0.25, 0.3) is 0 Å². The lowest BCUT2D eigenvalue weighted by Gasteiger charge is -2.34. The Labute approximate surface area is 94.5 Å². The van der Waals surface area contributed by atoms with Crippen LogP contribution in [0.1, 0.15) is 29.7 Å². The summed E-state index contributed by atoms with van der Waals surface area (Å²) in [6.07, 6.45) is 4.47. The second kappa shape index (κ2) is 3.89. The third kappa shape index (κ3) is 1.73. The van der Waals surface area contributed by atoms with Crippen molar-refractivity contribution in [3.05, 3.63) is 21.9 Å². The fourth-order valence-electron chi connectivity index (χ4n) is 2.90. The van der Waals surface area contributed by atoms with Crippen molar-refractivity contribution in [2.75, 3.05) is 6.54 Å². The Hall–Kier alpha value is -0.380. The molecule has 2 nitrogen and oxygen atoms in total. The van der Waals surface area contributed by atoms with Gasteiger partial charge < -0.3 is 5.11 Å². The predicted octanol–water partition coefficient (Wildman–Crippen LogP) is 2.02. The molecule has 1 aliphatic heterocycles. The molecule has 0 aromatic carbocycles. The van der Waals surface area contributed by atoms with E-state index in [4.69, 9.17) is 0 Å². The molecule has 0 radical (unpaired) electrons. The van der Waals surface area contributed by atoms with Crippen molar-refractivity contribution in [3.63, 3.8) is 0 Å². The molecule has 1 fully saturated rings. The Balaban J connectivity index is 1.75. The molecule has 1 aliphatic carbocycles. The van der Waals surface area contributed by atoms with Crippen molar-refractivity contribution in [1.82, 2.24) is 4.90 Å². The molecule has 3 heteroatoms. The number of aliphatic hydroxyl groups excluding tert-OH is 1. The van der Waals surface area contributed by atoms with Crippen LogP contribution in [-0.2, 0) is 13.0 Å². The normalized spacial score (nSPS) is 31.8. The minimum atomic E-state index is -0.0785. The van der Waals surface area contributed by atoms with Crippen LogP contribution in [0.3, 0.4) is 0 Å². The Morgan fingerprint density at radius 2 is 2.33 bits per heavy atom. The largest absolute Gasteiger partial charge is 0.391 e. The first kappa shape index (κ1) is 9.82. The fraction of sp³-hybridized carbons (Fsp3) is 0.667. The Morgan fingerprint density at radius 1 is 1.40 bits per heavy atom. The summed E-state index contributed by atoms with van der Waals surface area (Å²) in [6, 6.07) is 2.67. The van der Waals surface area contributed by atoms with E-state index in [0.29, 0.717) is 6.04 Å². The molecule has 2 aliphatic rings. The van der Waals surface area contributed by atoms with E-state index in [9.17, 15) is 5.11 Å². The van der Waals surface area contributed by atoms with Crippen molar-refractivity contribution in [1.29, 1.82) is 0 Å². The molecule has 1 aromatic rings. The van der Waals surface area contributed by atoms with Gasteiger partial charge in [0.2, 0.25) is 0 Å². The summed E-state index contributed by atoms with van der Waals surface area (Å²) in [6.45, 7) is 2.19. The minimum Gasteiger partial charge on any atom is -0.391 e. The van der Waals surface area contributed by atoms with E-state index in [-0.39, 0.29) is 6.10 Å². The van der Waals surface area contributed by atoms with Gasteiger partial charge in [0.1, 0.15) is 0 Å². The molecular weight excluding hydrogens is 206 g/mol. The molecule has 15 heavy (non-hydrogen) atoms. The van der Waals surface area contributed by atoms with Crippen LogP contribution in [0.2, 0.25) is 0 Å². The lowest BCUT2D eigenvalue weighted by atomic mass is 10.1. The van der Waals surface area contributed by atoms with Crippen LogP contribution in [0, 0.1) is 0 Å². The number of nitrogens with zero attached hydrogens (tertiary/aromatic N) is 1. The standard InChI is InChI=1S/C12H17NOS/c14-11-3-1-2-10(11)13-6-4-12-9(8-13)5-7-15-12/h5,7,10-11,14H,1-4,6,8H2/t10-,11-/m1/s1. The monoisotopic (exact) mass is 223 g/mol. The van der Waals surface area contributed by atoms with Crippen LogP contribution < -0.4 is 0 Å². The smallest absolute Gasteiger partial charge is 0.0695 e. The van der Waals surface area contributed by atoms with E-state index in [0.717, 1.165) is 19.5 Å². The molecule has 82 valence electrons. The lowest BCUT2D eigenvalue weighted by Crippen LogP contribution is -2.42. The second-order valence-corrected chi connectivity index (χ2v) is 5.66. The molecule has 2 heterocycles. The van der Waals surface area contributed by atoms with Gasteiger partial charge in [-0.2, -0.15) is 0 Å². The maximum atomic E-state index is 9.90. The van der Waals surface area contributed by atoms with Gasteiger partial charge in [0.25, 0.3) is 0 Å². The zero-order valence-electron chi connectivity index (χ0n) is 8.85. The summed E-state index contributed by atoms with van der Waals surface area (Å²) in [5, 5.41) is 12.1. The molecular formula is C12H17NOS. The second-order valence-electron chi connectivity index (χ2n) is 4.66. The molecule has 1 saturated carbocycles. The van der Waals surface area contributed by atoms with Crippen molar-refractivity contribution >= 4 is 11.3 Å². The quantitative estimate of drug-likeness (QED) is 0.787. The summed E-state index contributed by atoms with van der Waals surface area (Å²) in [5.74, 6) is 0. The first-order valence-electron chi connectivity index (χ1n) is 5.82. The van der Waals surface area contributed by atoms with Gasteiger partial charge in [0.05, 0.1) is 6.10 Å². The van der Waals surface area contributed by atoms with Crippen LogP contribution in [0.15, 0.2) is 11.4 Å². The van der Waals surface area contributed by atoms with E-state index >= 15 is 0 Å². The molecule has 0 saturated heterocycles. The van der Waals surface area contributed by atoms with Crippen molar-refractivity contribution < 1.29 is 5.11 Å².